The number of benzene rings is 3. The molecule has 3 aromatic rings. The first-order valence-corrected chi connectivity index (χ1v) is 10.1. The number of nitrogens with one attached hydrogen (secondary N) is 3. The van der Waals surface area contributed by atoms with Crippen molar-refractivity contribution in [3.05, 3.63) is 88.7 Å². The van der Waals surface area contributed by atoms with E-state index in [2.05, 4.69) is 10.6 Å². The van der Waals surface area contributed by atoms with Gasteiger partial charge in [0.2, 0.25) is 5.91 Å². The van der Waals surface area contributed by atoms with Crippen LogP contribution in [0.3, 0.4) is 0 Å². The van der Waals surface area contributed by atoms with E-state index in [0.717, 1.165) is 6.07 Å². The molecule has 3 aromatic carbocycles. The molecule has 0 atom stereocenters. The van der Waals surface area contributed by atoms with Crippen molar-refractivity contribution in [1.82, 2.24) is 5.32 Å². The van der Waals surface area contributed by atoms with Gasteiger partial charge in [0.15, 0.2) is 24.1 Å². The molecule has 0 fully saturated rings. The molecule has 0 aromatic heterocycles. The predicted molar refractivity (Wildman–Crippen MR) is 119 cm³/mol. The van der Waals surface area contributed by atoms with Crippen LogP contribution in [0, 0.1) is 17.5 Å². The molecule has 176 valence electrons. The van der Waals surface area contributed by atoms with Crippen molar-refractivity contribution in [1.29, 1.82) is 0 Å². The first-order chi connectivity index (χ1) is 16.2. The van der Waals surface area contributed by atoms with Gasteiger partial charge in [0.25, 0.3) is 11.8 Å². The molecule has 34 heavy (non-hydrogen) atoms. The lowest BCUT2D eigenvalue weighted by atomic mass is 10.2. The highest BCUT2D eigenvalue weighted by Gasteiger charge is 2.17. The Labute approximate surface area is 196 Å². The van der Waals surface area contributed by atoms with E-state index < -0.39 is 54.0 Å². The molecular formula is C23H17ClF3N3O4. The smallest absolute Gasteiger partial charge is 0.259 e. The van der Waals surface area contributed by atoms with Crippen LogP contribution in [0.5, 0.6) is 5.75 Å². The molecule has 0 saturated heterocycles. The van der Waals surface area contributed by atoms with Gasteiger partial charge in [-0.25, -0.2) is 13.2 Å². The summed E-state index contributed by atoms with van der Waals surface area (Å²) in [6, 6.07) is 14.4. The average Bonchev–Trinajstić information content (AvgIpc) is 2.83. The number of amides is 3. The minimum atomic E-state index is -1.73. The van der Waals surface area contributed by atoms with Crippen molar-refractivity contribution in [2.24, 2.45) is 0 Å². The topological polar surface area (TPSA) is 96.5 Å². The first kappa shape index (κ1) is 24.6. The highest BCUT2D eigenvalue weighted by molar-refractivity contribution is 6.31. The number of hydrogen-bond acceptors (Lipinski definition) is 4. The third-order valence-corrected chi connectivity index (χ3v) is 4.57. The molecule has 0 aliphatic carbocycles. The number of rotatable bonds is 8. The maximum Gasteiger partial charge on any atom is 0.259 e. The maximum absolute atomic E-state index is 13.6. The Bertz CT molecular complexity index is 1230. The number of ether oxygens (including phenoxy) is 1. The summed E-state index contributed by atoms with van der Waals surface area (Å²) < 4.78 is 45.2. The molecule has 3 N–H and O–H groups in total. The van der Waals surface area contributed by atoms with Crippen LogP contribution in [0.15, 0.2) is 60.7 Å². The molecule has 11 heteroatoms. The van der Waals surface area contributed by atoms with Gasteiger partial charge < -0.3 is 20.7 Å². The molecular weight excluding hydrogens is 475 g/mol. The summed E-state index contributed by atoms with van der Waals surface area (Å²) in [5.41, 5.74) is 0.0417. The highest BCUT2D eigenvalue weighted by atomic mass is 35.5. The van der Waals surface area contributed by atoms with E-state index in [1.54, 1.807) is 30.3 Å². The van der Waals surface area contributed by atoms with Crippen molar-refractivity contribution in [2.45, 2.75) is 0 Å². The van der Waals surface area contributed by atoms with E-state index in [4.69, 9.17) is 16.3 Å². The Balaban J connectivity index is 1.55. The number of carbonyl (C=O) groups is 3. The van der Waals surface area contributed by atoms with E-state index in [1.807, 2.05) is 5.32 Å². The summed E-state index contributed by atoms with van der Waals surface area (Å²) in [6.45, 7) is -1.15. The van der Waals surface area contributed by atoms with Gasteiger partial charge in [0.1, 0.15) is 5.75 Å². The molecule has 0 aliphatic heterocycles. The third kappa shape index (κ3) is 6.48. The Morgan fingerprint density at radius 3 is 2.32 bits per heavy atom. The average molecular weight is 492 g/mol. The maximum atomic E-state index is 13.6. The predicted octanol–water partition coefficient (Wildman–Crippen LogP) is 4.14. The van der Waals surface area contributed by atoms with E-state index in [1.165, 1.54) is 18.2 Å². The Morgan fingerprint density at radius 1 is 0.853 bits per heavy atom. The number of halogens is 4. The molecule has 0 aliphatic rings. The van der Waals surface area contributed by atoms with Gasteiger partial charge in [-0.2, -0.15) is 0 Å². The van der Waals surface area contributed by atoms with Crippen LogP contribution in [0.2, 0.25) is 5.02 Å². The first-order valence-electron chi connectivity index (χ1n) is 9.73. The molecule has 3 amide bonds. The zero-order valence-electron chi connectivity index (χ0n) is 17.3. The van der Waals surface area contributed by atoms with Crippen molar-refractivity contribution in [2.75, 3.05) is 23.8 Å². The fraction of sp³-hybridized carbons (Fsp3) is 0.0870. The van der Waals surface area contributed by atoms with Crippen LogP contribution in [-0.4, -0.2) is 30.9 Å². The van der Waals surface area contributed by atoms with Gasteiger partial charge in [-0.15, -0.1) is 0 Å². The summed E-state index contributed by atoms with van der Waals surface area (Å²) >= 11 is 5.98. The van der Waals surface area contributed by atoms with Gasteiger partial charge in [0.05, 0.1) is 17.8 Å². The third-order valence-electron chi connectivity index (χ3n) is 4.33. The number of para-hydroxylation sites is 1. The van der Waals surface area contributed by atoms with Crippen LogP contribution in [0.1, 0.15) is 10.4 Å². The van der Waals surface area contributed by atoms with Gasteiger partial charge in [0, 0.05) is 10.7 Å². The lowest BCUT2D eigenvalue weighted by molar-refractivity contribution is -0.125. The fourth-order valence-electron chi connectivity index (χ4n) is 2.72. The summed E-state index contributed by atoms with van der Waals surface area (Å²) in [7, 11) is 0. The van der Waals surface area contributed by atoms with Crippen LogP contribution in [0.25, 0.3) is 0 Å². The lowest BCUT2D eigenvalue weighted by Crippen LogP contribution is -2.36. The monoisotopic (exact) mass is 491 g/mol. The van der Waals surface area contributed by atoms with E-state index >= 15 is 0 Å². The summed E-state index contributed by atoms with van der Waals surface area (Å²) in [5, 5.41) is 7.19. The molecule has 3 rings (SSSR count). The minimum absolute atomic E-state index is 0.0706. The number of hydrogen-bond donors (Lipinski definition) is 3. The van der Waals surface area contributed by atoms with Crippen molar-refractivity contribution < 1.29 is 32.3 Å². The molecule has 7 nitrogen and oxygen atoms in total. The largest absolute Gasteiger partial charge is 0.483 e. The Hall–Kier alpha value is -4.05. The van der Waals surface area contributed by atoms with E-state index in [0.29, 0.717) is 11.8 Å². The van der Waals surface area contributed by atoms with Gasteiger partial charge in [-0.3, -0.25) is 14.4 Å². The van der Waals surface area contributed by atoms with Crippen molar-refractivity contribution in [3.63, 3.8) is 0 Å². The SMILES string of the molecule is O=C(COc1ccc(Cl)cc1C(=O)Nc1ccccc1)NCC(=O)Nc1ccc(F)c(F)c1F. The molecule has 0 heterocycles. The van der Waals surface area contributed by atoms with Crippen LogP contribution in [-0.2, 0) is 9.59 Å². The minimum Gasteiger partial charge on any atom is -0.483 e. The molecule has 0 saturated carbocycles. The summed E-state index contributed by atoms with van der Waals surface area (Å²) in [6.07, 6.45) is 0. The van der Waals surface area contributed by atoms with Crippen LogP contribution in [0.4, 0.5) is 24.5 Å². The second-order valence-corrected chi connectivity index (χ2v) is 7.23. The quantitative estimate of drug-likeness (QED) is 0.413. The van der Waals surface area contributed by atoms with Crippen LogP contribution >= 0.6 is 11.6 Å². The van der Waals surface area contributed by atoms with Gasteiger partial charge in [-0.1, -0.05) is 29.8 Å². The summed E-state index contributed by atoms with van der Waals surface area (Å²) in [4.78, 5) is 36.5. The second kappa shape index (κ2) is 11.2. The van der Waals surface area contributed by atoms with Crippen LogP contribution < -0.4 is 20.7 Å². The lowest BCUT2D eigenvalue weighted by Gasteiger charge is -2.13. The van der Waals surface area contributed by atoms with Gasteiger partial charge >= 0.3 is 0 Å². The van der Waals surface area contributed by atoms with E-state index in [9.17, 15) is 27.6 Å². The molecule has 0 unspecified atom stereocenters. The standard InChI is InChI=1S/C23H17ClF3N3O4/c24-13-6-9-18(15(10-13)23(33)29-14-4-2-1-3-5-14)34-12-20(32)28-11-19(31)30-17-8-7-16(25)21(26)22(17)27/h1-10H,11-12H2,(H,28,32)(H,29,33)(H,30,31). The van der Waals surface area contributed by atoms with Crippen molar-refractivity contribution in [3.8, 4) is 5.75 Å². The van der Waals surface area contributed by atoms with E-state index in [-0.39, 0.29) is 16.3 Å². The number of anilines is 2. The summed E-state index contributed by atoms with van der Waals surface area (Å²) in [5.74, 6) is -6.76. The Morgan fingerprint density at radius 2 is 1.59 bits per heavy atom. The molecule has 0 bridgehead atoms. The molecule has 0 radical (unpaired) electrons. The Kier molecular flexibility index (Phi) is 8.10. The fourth-order valence-corrected chi connectivity index (χ4v) is 2.89. The molecule has 0 spiro atoms. The zero-order valence-corrected chi connectivity index (χ0v) is 18.1. The zero-order chi connectivity index (χ0) is 24.7. The highest BCUT2D eigenvalue weighted by Crippen LogP contribution is 2.24. The number of carbonyl (C=O) groups excluding carboxylic acids is 3. The van der Waals surface area contributed by atoms with Crippen molar-refractivity contribution >= 4 is 40.7 Å². The second-order valence-electron chi connectivity index (χ2n) is 6.80. The van der Waals surface area contributed by atoms with Gasteiger partial charge in [-0.05, 0) is 42.5 Å². The normalized spacial score (nSPS) is 10.4.